The van der Waals surface area contributed by atoms with Crippen LogP contribution < -0.4 is 11.1 Å². The quantitative estimate of drug-likeness (QED) is 0.686. The van der Waals surface area contributed by atoms with Gasteiger partial charge in [-0.2, -0.15) is 0 Å². The van der Waals surface area contributed by atoms with Crippen molar-refractivity contribution < 1.29 is 4.79 Å². The molecule has 0 aliphatic heterocycles. The van der Waals surface area contributed by atoms with Gasteiger partial charge in [0.25, 0.3) is 0 Å². The normalized spacial score (nSPS) is 9.42. The monoisotopic (exact) mass is 182 g/mol. The summed E-state index contributed by atoms with van der Waals surface area (Å²) in [5.74, 6) is 0. The number of carbonyl (C=O) groups excluding carboxylic acids is 1. The topological polar surface area (TPSA) is 55.1 Å². The summed E-state index contributed by atoms with van der Waals surface area (Å²) < 4.78 is 0. The lowest BCUT2D eigenvalue weighted by Crippen LogP contribution is -2.19. The Bertz CT molecular complexity index is 288. The van der Waals surface area contributed by atoms with Gasteiger partial charge in [-0.1, -0.05) is 12.1 Å². The van der Waals surface area contributed by atoms with E-state index in [0.29, 0.717) is 0 Å². The number of nitrogens with one attached hydrogen (secondary N) is 1. The van der Waals surface area contributed by atoms with Crippen LogP contribution in [0, 0.1) is 0 Å². The molecule has 1 aromatic carbocycles. The second-order valence-electron chi connectivity index (χ2n) is 2.19. The van der Waals surface area contributed by atoms with Crippen LogP contribution in [-0.2, 0) is 0 Å². The summed E-state index contributed by atoms with van der Waals surface area (Å²) >= 11 is 1.57. The molecule has 0 saturated carbocycles. The van der Waals surface area contributed by atoms with E-state index >= 15 is 0 Å². The van der Waals surface area contributed by atoms with Crippen molar-refractivity contribution in [3.63, 3.8) is 0 Å². The maximum atomic E-state index is 10.5. The van der Waals surface area contributed by atoms with E-state index in [9.17, 15) is 4.79 Å². The van der Waals surface area contributed by atoms with Crippen LogP contribution in [0.25, 0.3) is 0 Å². The summed E-state index contributed by atoms with van der Waals surface area (Å²) in [7, 11) is 0. The number of hydrogen-bond acceptors (Lipinski definition) is 2. The molecule has 0 saturated heterocycles. The highest BCUT2D eigenvalue weighted by Gasteiger charge is 2.00. The van der Waals surface area contributed by atoms with Gasteiger partial charge < -0.3 is 11.1 Å². The predicted octanol–water partition coefficient (Wildman–Crippen LogP) is 1.90. The molecule has 1 aromatic rings. The third kappa shape index (κ3) is 2.17. The van der Waals surface area contributed by atoms with Gasteiger partial charge in [0.1, 0.15) is 0 Å². The highest BCUT2D eigenvalue weighted by Crippen LogP contribution is 2.23. The summed E-state index contributed by atoms with van der Waals surface area (Å²) in [6.07, 6.45) is 1.95. The first-order chi connectivity index (χ1) is 5.74. The molecule has 3 nitrogen and oxygen atoms in total. The van der Waals surface area contributed by atoms with Gasteiger partial charge >= 0.3 is 6.03 Å². The van der Waals surface area contributed by atoms with Crippen LogP contribution in [-0.4, -0.2) is 12.3 Å². The molecular formula is C8H10N2OS. The second kappa shape index (κ2) is 4.01. The smallest absolute Gasteiger partial charge is 0.316 e. The number of nitrogens with two attached hydrogens (primary N) is 1. The van der Waals surface area contributed by atoms with E-state index in [1.165, 1.54) is 0 Å². The molecule has 0 radical (unpaired) electrons. The molecule has 2 amide bonds. The zero-order chi connectivity index (χ0) is 8.97. The summed E-state index contributed by atoms with van der Waals surface area (Å²) in [4.78, 5) is 11.5. The first-order valence-corrected chi connectivity index (χ1v) is 4.66. The Hall–Kier alpha value is -1.16. The minimum absolute atomic E-state index is 0.531. The maximum Gasteiger partial charge on any atom is 0.316 e. The summed E-state index contributed by atoms with van der Waals surface area (Å²) in [6, 6.07) is 6.98. The van der Waals surface area contributed by atoms with Crippen LogP contribution in [0.3, 0.4) is 0 Å². The maximum absolute atomic E-state index is 10.5. The molecular weight excluding hydrogens is 172 g/mol. The van der Waals surface area contributed by atoms with Gasteiger partial charge in [-0.3, -0.25) is 0 Å². The molecule has 0 aromatic heterocycles. The third-order valence-corrected chi connectivity index (χ3v) is 2.16. The molecule has 0 fully saturated rings. The van der Waals surface area contributed by atoms with Gasteiger partial charge in [0.2, 0.25) is 0 Å². The Labute approximate surface area is 75.3 Å². The molecule has 0 spiro atoms. The number of urea groups is 1. The number of para-hydroxylation sites is 1. The Morgan fingerprint density at radius 2 is 2.17 bits per heavy atom. The van der Waals surface area contributed by atoms with Gasteiger partial charge in [0.05, 0.1) is 5.69 Å². The molecule has 4 heteroatoms. The molecule has 0 bridgehead atoms. The fraction of sp³-hybridized carbons (Fsp3) is 0.125. The van der Waals surface area contributed by atoms with Crippen molar-refractivity contribution in [2.24, 2.45) is 5.73 Å². The summed E-state index contributed by atoms with van der Waals surface area (Å²) in [5, 5.41) is 2.54. The van der Waals surface area contributed by atoms with Crippen molar-refractivity contribution in [1.82, 2.24) is 0 Å². The first-order valence-electron chi connectivity index (χ1n) is 3.43. The number of carbonyl (C=O) groups is 1. The number of primary amides is 1. The van der Waals surface area contributed by atoms with E-state index in [-0.39, 0.29) is 0 Å². The van der Waals surface area contributed by atoms with E-state index in [1.807, 2.05) is 30.5 Å². The number of anilines is 1. The van der Waals surface area contributed by atoms with Gasteiger partial charge in [-0.25, -0.2) is 4.79 Å². The fourth-order valence-electron chi connectivity index (χ4n) is 0.881. The van der Waals surface area contributed by atoms with Crippen molar-refractivity contribution in [3.8, 4) is 0 Å². The van der Waals surface area contributed by atoms with Gasteiger partial charge in [-0.05, 0) is 18.4 Å². The van der Waals surface area contributed by atoms with Gasteiger partial charge in [0.15, 0.2) is 0 Å². The van der Waals surface area contributed by atoms with Crippen LogP contribution in [0.1, 0.15) is 0 Å². The zero-order valence-corrected chi connectivity index (χ0v) is 7.52. The number of amides is 2. The van der Waals surface area contributed by atoms with Crippen molar-refractivity contribution in [3.05, 3.63) is 24.3 Å². The lowest BCUT2D eigenvalue weighted by molar-refractivity contribution is 0.259. The average molecular weight is 182 g/mol. The zero-order valence-electron chi connectivity index (χ0n) is 6.70. The molecule has 12 heavy (non-hydrogen) atoms. The Morgan fingerprint density at radius 1 is 1.50 bits per heavy atom. The van der Waals surface area contributed by atoms with Crippen molar-refractivity contribution >= 4 is 23.5 Å². The molecule has 0 aliphatic carbocycles. The van der Waals surface area contributed by atoms with Crippen molar-refractivity contribution in [2.75, 3.05) is 11.6 Å². The summed E-state index contributed by atoms with van der Waals surface area (Å²) in [5.41, 5.74) is 5.75. The number of hydrogen-bond donors (Lipinski definition) is 2. The molecule has 0 unspecified atom stereocenters. The highest BCUT2D eigenvalue weighted by molar-refractivity contribution is 7.98. The first kappa shape index (κ1) is 8.93. The second-order valence-corrected chi connectivity index (χ2v) is 3.04. The Balaban J connectivity index is 2.89. The van der Waals surface area contributed by atoms with E-state index in [4.69, 9.17) is 5.73 Å². The molecule has 3 N–H and O–H groups in total. The minimum atomic E-state index is -0.531. The minimum Gasteiger partial charge on any atom is -0.351 e. The fourth-order valence-corrected chi connectivity index (χ4v) is 1.43. The highest BCUT2D eigenvalue weighted by atomic mass is 32.2. The molecule has 0 heterocycles. The van der Waals surface area contributed by atoms with E-state index < -0.39 is 6.03 Å². The van der Waals surface area contributed by atoms with Crippen LogP contribution in [0.5, 0.6) is 0 Å². The number of thioether (sulfide) groups is 1. The van der Waals surface area contributed by atoms with E-state index in [1.54, 1.807) is 11.8 Å². The summed E-state index contributed by atoms with van der Waals surface area (Å²) in [6.45, 7) is 0. The van der Waals surface area contributed by atoms with E-state index in [0.717, 1.165) is 10.6 Å². The van der Waals surface area contributed by atoms with Crippen LogP contribution in [0.15, 0.2) is 29.2 Å². The van der Waals surface area contributed by atoms with Crippen LogP contribution in [0.2, 0.25) is 0 Å². The van der Waals surface area contributed by atoms with E-state index in [2.05, 4.69) is 5.32 Å². The largest absolute Gasteiger partial charge is 0.351 e. The number of rotatable bonds is 2. The van der Waals surface area contributed by atoms with Crippen molar-refractivity contribution in [1.29, 1.82) is 0 Å². The Morgan fingerprint density at radius 3 is 2.75 bits per heavy atom. The predicted molar refractivity (Wildman–Crippen MR) is 51.4 cm³/mol. The van der Waals surface area contributed by atoms with Crippen LogP contribution >= 0.6 is 11.8 Å². The molecule has 1 rings (SSSR count). The average Bonchev–Trinajstić information content (AvgIpc) is 2.04. The number of benzene rings is 1. The molecule has 0 aliphatic rings. The molecule has 64 valence electrons. The SMILES string of the molecule is CSc1ccccc1NC(N)=O. The van der Waals surface area contributed by atoms with Crippen molar-refractivity contribution in [2.45, 2.75) is 4.90 Å². The third-order valence-electron chi connectivity index (χ3n) is 1.36. The lowest BCUT2D eigenvalue weighted by atomic mass is 10.3. The van der Waals surface area contributed by atoms with Crippen LogP contribution in [0.4, 0.5) is 10.5 Å². The van der Waals surface area contributed by atoms with Gasteiger partial charge in [-0.15, -0.1) is 11.8 Å². The van der Waals surface area contributed by atoms with Gasteiger partial charge in [0, 0.05) is 4.90 Å². The Kier molecular flexibility index (Phi) is 2.99. The lowest BCUT2D eigenvalue weighted by Gasteiger charge is -2.05. The molecule has 0 atom stereocenters. The standard InChI is InChI=1S/C8H10N2OS/c1-12-7-5-3-2-4-6(7)10-8(9)11/h2-5H,1H3,(H3,9,10,11).